The molecule has 2 rings (SSSR count). The largest absolute Gasteiger partial charge is 0.460 e. The van der Waals surface area contributed by atoms with Crippen molar-refractivity contribution in [3.8, 4) is 0 Å². The number of carbonyl (C=O) groups excluding carboxylic acids is 2. The van der Waals surface area contributed by atoms with Gasteiger partial charge in [-0.15, -0.1) is 0 Å². The van der Waals surface area contributed by atoms with Crippen LogP contribution in [0, 0.1) is 17.3 Å². The van der Waals surface area contributed by atoms with Crippen LogP contribution in [0.1, 0.15) is 52.9 Å². The van der Waals surface area contributed by atoms with Gasteiger partial charge in [0.2, 0.25) is 5.91 Å². The fourth-order valence-corrected chi connectivity index (χ4v) is 3.63. The number of esters is 1. The van der Waals surface area contributed by atoms with Crippen LogP contribution in [0.15, 0.2) is 0 Å². The van der Waals surface area contributed by atoms with Crippen LogP contribution in [0.25, 0.3) is 0 Å². The third-order valence-electron chi connectivity index (χ3n) is 4.23. The fourth-order valence-electron chi connectivity index (χ4n) is 3.63. The van der Waals surface area contributed by atoms with Gasteiger partial charge in [0, 0.05) is 12.3 Å². The van der Waals surface area contributed by atoms with Crippen molar-refractivity contribution in [3.63, 3.8) is 0 Å². The van der Waals surface area contributed by atoms with E-state index in [1.807, 2.05) is 0 Å². The van der Waals surface area contributed by atoms with Crippen molar-refractivity contribution < 1.29 is 14.3 Å². The van der Waals surface area contributed by atoms with Gasteiger partial charge in [-0.05, 0) is 37.0 Å². The minimum atomic E-state index is -0.147. The molecule has 1 saturated heterocycles. The van der Waals surface area contributed by atoms with E-state index >= 15 is 0 Å². The van der Waals surface area contributed by atoms with Crippen LogP contribution in [0.3, 0.4) is 0 Å². The fraction of sp³-hybridized carbons (Fsp3) is 0.867. The van der Waals surface area contributed by atoms with E-state index in [4.69, 9.17) is 4.74 Å². The summed E-state index contributed by atoms with van der Waals surface area (Å²) in [4.78, 5) is 23.2. The second-order valence-corrected chi connectivity index (χ2v) is 7.01. The van der Waals surface area contributed by atoms with Crippen molar-refractivity contribution in [1.29, 1.82) is 0 Å². The van der Waals surface area contributed by atoms with Gasteiger partial charge in [0.25, 0.3) is 0 Å². The highest BCUT2D eigenvalue weighted by molar-refractivity contribution is 5.79. The maximum absolute atomic E-state index is 12.2. The lowest BCUT2D eigenvalue weighted by molar-refractivity contribution is -0.142. The highest BCUT2D eigenvalue weighted by Gasteiger charge is 2.35. The molecule has 2 fully saturated rings. The molecule has 19 heavy (non-hydrogen) atoms. The first kappa shape index (κ1) is 14.4. The predicted octanol–water partition coefficient (Wildman–Crippen LogP) is 2.27. The molecule has 0 radical (unpaired) electrons. The normalized spacial score (nSPS) is 33.8. The number of carbonyl (C=O) groups is 2. The summed E-state index contributed by atoms with van der Waals surface area (Å²) in [6.07, 6.45) is 4.20. The van der Waals surface area contributed by atoms with Gasteiger partial charge in [0.15, 0.2) is 0 Å². The summed E-state index contributed by atoms with van der Waals surface area (Å²) in [7, 11) is 0. The summed E-state index contributed by atoms with van der Waals surface area (Å²) >= 11 is 0. The van der Waals surface area contributed by atoms with Crippen molar-refractivity contribution in [2.24, 2.45) is 17.3 Å². The highest BCUT2D eigenvalue weighted by atomic mass is 16.5. The zero-order valence-corrected chi connectivity index (χ0v) is 12.2. The quantitative estimate of drug-likeness (QED) is 0.798. The van der Waals surface area contributed by atoms with Gasteiger partial charge in [-0.2, -0.15) is 0 Å². The third kappa shape index (κ3) is 3.95. The number of amides is 1. The predicted molar refractivity (Wildman–Crippen MR) is 72.4 cm³/mol. The topological polar surface area (TPSA) is 55.4 Å². The van der Waals surface area contributed by atoms with Crippen LogP contribution in [-0.4, -0.2) is 24.5 Å². The zero-order valence-electron chi connectivity index (χ0n) is 12.2. The van der Waals surface area contributed by atoms with Crippen LogP contribution < -0.4 is 5.32 Å². The molecular formula is C15H25NO3. The van der Waals surface area contributed by atoms with E-state index in [9.17, 15) is 9.59 Å². The molecule has 4 heteroatoms. The van der Waals surface area contributed by atoms with E-state index in [0.29, 0.717) is 18.9 Å². The SMILES string of the molecule is CC1CC(C(=O)NCC2CCC(=O)O2)CC(C)(C)C1. The molecule has 3 atom stereocenters. The summed E-state index contributed by atoms with van der Waals surface area (Å²) in [6.45, 7) is 7.17. The molecule has 1 aliphatic carbocycles. The maximum Gasteiger partial charge on any atom is 0.306 e. The summed E-state index contributed by atoms with van der Waals surface area (Å²) in [6, 6.07) is 0. The maximum atomic E-state index is 12.2. The Morgan fingerprint density at radius 3 is 2.74 bits per heavy atom. The smallest absolute Gasteiger partial charge is 0.306 e. The van der Waals surface area contributed by atoms with E-state index in [1.165, 1.54) is 6.42 Å². The summed E-state index contributed by atoms with van der Waals surface area (Å²) < 4.78 is 5.11. The van der Waals surface area contributed by atoms with Crippen LogP contribution in [0.4, 0.5) is 0 Å². The lowest BCUT2D eigenvalue weighted by Gasteiger charge is -2.38. The number of nitrogens with one attached hydrogen (secondary N) is 1. The van der Waals surface area contributed by atoms with Crippen LogP contribution in [0.2, 0.25) is 0 Å². The molecule has 3 unspecified atom stereocenters. The van der Waals surface area contributed by atoms with E-state index < -0.39 is 0 Å². The van der Waals surface area contributed by atoms with Gasteiger partial charge in [-0.25, -0.2) is 0 Å². The van der Waals surface area contributed by atoms with Crippen molar-refractivity contribution in [2.75, 3.05) is 6.54 Å². The van der Waals surface area contributed by atoms with Gasteiger partial charge in [0.05, 0.1) is 6.54 Å². The Balaban J connectivity index is 1.81. The average molecular weight is 267 g/mol. The second kappa shape index (κ2) is 5.51. The van der Waals surface area contributed by atoms with Gasteiger partial charge >= 0.3 is 5.97 Å². The lowest BCUT2D eigenvalue weighted by atomic mass is 9.68. The Bertz CT molecular complexity index is 364. The molecule has 0 aromatic carbocycles. The molecule has 1 amide bonds. The molecule has 0 aromatic heterocycles. The van der Waals surface area contributed by atoms with E-state index in [1.54, 1.807) is 0 Å². The summed E-state index contributed by atoms with van der Waals surface area (Å²) in [5.74, 6) is 0.689. The monoisotopic (exact) mass is 267 g/mol. The molecule has 1 saturated carbocycles. The van der Waals surface area contributed by atoms with Crippen molar-refractivity contribution in [1.82, 2.24) is 5.32 Å². The number of hydrogen-bond donors (Lipinski definition) is 1. The van der Waals surface area contributed by atoms with Gasteiger partial charge in [-0.1, -0.05) is 20.8 Å². The molecule has 0 aromatic rings. The third-order valence-corrected chi connectivity index (χ3v) is 4.23. The Morgan fingerprint density at radius 1 is 1.42 bits per heavy atom. The van der Waals surface area contributed by atoms with Crippen molar-refractivity contribution in [2.45, 2.75) is 59.0 Å². The molecule has 1 aliphatic heterocycles. The Hall–Kier alpha value is -1.06. The Labute approximate surface area is 115 Å². The van der Waals surface area contributed by atoms with Crippen LogP contribution in [0.5, 0.6) is 0 Å². The molecule has 0 bridgehead atoms. The number of ether oxygens (including phenoxy) is 1. The molecule has 1 N–H and O–H groups in total. The summed E-state index contributed by atoms with van der Waals surface area (Å²) in [5.41, 5.74) is 0.250. The van der Waals surface area contributed by atoms with Gasteiger partial charge in [-0.3, -0.25) is 9.59 Å². The molecular weight excluding hydrogens is 242 g/mol. The van der Waals surface area contributed by atoms with E-state index in [-0.39, 0.29) is 29.3 Å². The highest BCUT2D eigenvalue weighted by Crippen LogP contribution is 2.41. The van der Waals surface area contributed by atoms with Crippen LogP contribution >= 0.6 is 0 Å². The van der Waals surface area contributed by atoms with Gasteiger partial charge < -0.3 is 10.1 Å². The molecule has 2 aliphatic rings. The standard InChI is InChI=1S/C15H25NO3/c1-10-6-11(8-15(2,3)7-10)14(18)16-9-12-4-5-13(17)19-12/h10-12H,4-9H2,1-3H3,(H,16,18). The van der Waals surface area contributed by atoms with Crippen LogP contribution in [-0.2, 0) is 14.3 Å². The lowest BCUT2D eigenvalue weighted by Crippen LogP contribution is -2.41. The van der Waals surface area contributed by atoms with Crippen molar-refractivity contribution >= 4 is 11.9 Å². The number of hydrogen-bond acceptors (Lipinski definition) is 3. The summed E-state index contributed by atoms with van der Waals surface area (Å²) in [5, 5.41) is 2.96. The van der Waals surface area contributed by atoms with E-state index in [2.05, 4.69) is 26.1 Å². The molecule has 0 spiro atoms. The average Bonchev–Trinajstić information content (AvgIpc) is 2.69. The van der Waals surface area contributed by atoms with Gasteiger partial charge in [0.1, 0.15) is 6.10 Å². The first-order valence-electron chi connectivity index (χ1n) is 7.33. The number of cyclic esters (lactones) is 1. The molecule has 1 heterocycles. The first-order valence-corrected chi connectivity index (χ1v) is 7.33. The minimum absolute atomic E-state index is 0.107. The molecule has 108 valence electrons. The Morgan fingerprint density at radius 2 is 2.16 bits per heavy atom. The molecule has 4 nitrogen and oxygen atoms in total. The second-order valence-electron chi connectivity index (χ2n) is 7.01. The van der Waals surface area contributed by atoms with Crippen molar-refractivity contribution in [3.05, 3.63) is 0 Å². The first-order chi connectivity index (χ1) is 8.85. The Kier molecular flexibility index (Phi) is 4.16. The van der Waals surface area contributed by atoms with E-state index in [0.717, 1.165) is 19.3 Å². The minimum Gasteiger partial charge on any atom is -0.460 e. The number of rotatable bonds is 3. The zero-order chi connectivity index (χ0) is 14.0.